The molecule has 0 heterocycles. The number of terminal acetylenes is 1. The molecular formula is C35H41F2N3O2. The van der Waals surface area contributed by atoms with Gasteiger partial charge in [-0.1, -0.05) is 43.0 Å². The molecule has 0 aliphatic heterocycles. The van der Waals surface area contributed by atoms with Gasteiger partial charge in [-0.2, -0.15) is 0 Å². The highest BCUT2D eigenvalue weighted by Crippen LogP contribution is 2.45. The average molecular weight is 574 g/mol. The van der Waals surface area contributed by atoms with Gasteiger partial charge in [-0.05, 0) is 99.3 Å². The standard InChI is InChI=1S/C35H41F2N3O2/c1-5-7-13-40(4)23-27-14-24(3)15-28(16-27)34(42)39-32(20-26-18-30(36)21-31(37)19-26)33(41)22-38-35(11-12-35)29-10-8-9-25(6-2)17-29/h2,8-10,14-19,21,32-33,38,41H,5,7,11-13,20,22-23H2,1,3-4H3,(H,39,42)/t32-,33-/m0/s1. The Labute approximate surface area is 248 Å². The smallest absolute Gasteiger partial charge is 0.251 e. The van der Waals surface area contributed by atoms with E-state index in [1.54, 1.807) is 0 Å². The second kappa shape index (κ2) is 14.1. The van der Waals surface area contributed by atoms with Crippen LogP contribution in [0.1, 0.15) is 70.8 Å². The van der Waals surface area contributed by atoms with E-state index in [2.05, 4.69) is 41.5 Å². The number of aliphatic hydroxyl groups excluding tert-OH is 1. The maximum Gasteiger partial charge on any atom is 0.251 e. The molecular weight excluding hydrogens is 532 g/mol. The Bertz CT molecular complexity index is 1410. The number of carbonyl (C=O) groups excluding carboxylic acids is 1. The van der Waals surface area contributed by atoms with Crippen LogP contribution in [0.3, 0.4) is 0 Å². The van der Waals surface area contributed by atoms with Gasteiger partial charge >= 0.3 is 0 Å². The third kappa shape index (κ3) is 8.48. The minimum atomic E-state index is -1.03. The van der Waals surface area contributed by atoms with Crippen molar-refractivity contribution in [2.45, 2.75) is 70.2 Å². The van der Waals surface area contributed by atoms with Crippen LogP contribution in [0.25, 0.3) is 0 Å². The number of hydrogen-bond acceptors (Lipinski definition) is 4. The molecule has 1 fully saturated rings. The van der Waals surface area contributed by atoms with Gasteiger partial charge in [-0.15, -0.1) is 6.42 Å². The fourth-order valence-corrected chi connectivity index (χ4v) is 5.46. The van der Waals surface area contributed by atoms with E-state index in [4.69, 9.17) is 6.42 Å². The minimum Gasteiger partial charge on any atom is -0.390 e. The van der Waals surface area contributed by atoms with Crippen molar-refractivity contribution in [1.29, 1.82) is 0 Å². The lowest BCUT2D eigenvalue weighted by Gasteiger charge is -2.27. The van der Waals surface area contributed by atoms with Gasteiger partial charge in [-0.3, -0.25) is 4.79 Å². The molecule has 42 heavy (non-hydrogen) atoms. The summed E-state index contributed by atoms with van der Waals surface area (Å²) in [6.07, 6.45) is 8.60. The van der Waals surface area contributed by atoms with Gasteiger partial charge in [-0.25, -0.2) is 8.78 Å². The van der Waals surface area contributed by atoms with Crippen LogP contribution >= 0.6 is 0 Å². The number of nitrogens with zero attached hydrogens (tertiary/aromatic N) is 1. The fourth-order valence-electron chi connectivity index (χ4n) is 5.46. The van der Waals surface area contributed by atoms with E-state index in [1.807, 2.05) is 43.3 Å². The lowest BCUT2D eigenvalue weighted by molar-refractivity contribution is 0.0821. The SMILES string of the molecule is C#Cc1cccc(C2(NC[C@H](O)[C@H](Cc3cc(F)cc(F)c3)NC(=O)c3cc(C)cc(CN(C)CCCC)c3)CC2)c1. The van der Waals surface area contributed by atoms with Crippen molar-refractivity contribution in [2.24, 2.45) is 0 Å². The molecule has 0 unspecified atom stereocenters. The van der Waals surface area contributed by atoms with E-state index in [0.29, 0.717) is 17.7 Å². The maximum atomic E-state index is 14.0. The molecule has 3 N–H and O–H groups in total. The lowest BCUT2D eigenvalue weighted by Crippen LogP contribution is -2.50. The molecule has 0 spiro atoms. The van der Waals surface area contributed by atoms with Crippen LogP contribution in [-0.2, 0) is 18.5 Å². The van der Waals surface area contributed by atoms with Crippen molar-refractivity contribution in [2.75, 3.05) is 20.1 Å². The van der Waals surface area contributed by atoms with Gasteiger partial charge in [0.15, 0.2) is 0 Å². The van der Waals surface area contributed by atoms with Gasteiger partial charge in [0.1, 0.15) is 11.6 Å². The molecule has 1 saturated carbocycles. The number of hydrogen-bond donors (Lipinski definition) is 3. The first-order chi connectivity index (χ1) is 20.1. The van der Waals surface area contributed by atoms with Crippen molar-refractivity contribution < 1.29 is 18.7 Å². The van der Waals surface area contributed by atoms with Gasteiger partial charge < -0.3 is 20.6 Å². The molecule has 5 nitrogen and oxygen atoms in total. The topological polar surface area (TPSA) is 64.6 Å². The number of benzene rings is 3. The molecule has 1 aliphatic carbocycles. The first-order valence-electron chi connectivity index (χ1n) is 14.7. The number of nitrogens with one attached hydrogen (secondary N) is 2. The Kier molecular flexibility index (Phi) is 10.5. The largest absolute Gasteiger partial charge is 0.390 e. The van der Waals surface area contributed by atoms with Gasteiger partial charge in [0.25, 0.3) is 5.91 Å². The normalized spacial score (nSPS) is 15.2. The first-order valence-corrected chi connectivity index (χ1v) is 14.7. The summed E-state index contributed by atoms with van der Waals surface area (Å²) >= 11 is 0. The number of halogens is 2. The zero-order valence-electron chi connectivity index (χ0n) is 24.7. The highest BCUT2D eigenvalue weighted by Gasteiger charge is 2.44. The number of carbonyl (C=O) groups is 1. The number of rotatable bonds is 14. The first kappa shape index (κ1) is 31.4. The van der Waals surface area contributed by atoms with E-state index >= 15 is 0 Å². The molecule has 7 heteroatoms. The summed E-state index contributed by atoms with van der Waals surface area (Å²) in [6.45, 7) is 5.95. The molecule has 0 radical (unpaired) electrons. The number of unbranched alkanes of at least 4 members (excludes halogenated alkanes) is 1. The predicted molar refractivity (Wildman–Crippen MR) is 163 cm³/mol. The highest BCUT2D eigenvalue weighted by molar-refractivity contribution is 5.94. The minimum absolute atomic E-state index is 0.0568. The summed E-state index contributed by atoms with van der Waals surface area (Å²) in [5, 5.41) is 17.8. The van der Waals surface area contributed by atoms with Crippen LogP contribution in [0.5, 0.6) is 0 Å². The van der Waals surface area contributed by atoms with E-state index in [-0.39, 0.29) is 24.4 Å². The number of aliphatic hydroxyl groups is 1. The number of aryl methyl sites for hydroxylation is 1. The van der Waals surface area contributed by atoms with Crippen LogP contribution in [0.2, 0.25) is 0 Å². The molecule has 0 aromatic heterocycles. The van der Waals surface area contributed by atoms with E-state index in [1.165, 1.54) is 12.1 Å². The van der Waals surface area contributed by atoms with Crippen LogP contribution in [0, 0.1) is 30.9 Å². The summed E-state index contributed by atoms with van der Waals surface area (Å²) in [6, 6.07) is 16.0. The lowest BCUT2D eigenvalue weighted by atomic mass is 9.98. The molecule has 4 rings (SSSR count). The van der Waals surface area contributed by atoms with E-state index in [0.717, 1.165) is 60.5 Å². The zero-order chi connectivity index (χ0) is 30.3. The van der Waals surface area contributed by atoms with Gasteiger partial charge in [0.2, 0.25) is 0 Å². The third-order valence-corrected chi connectivity index (χ3v) is 7.89. The van der Waals surface area contributed by atoms with Gasteiger partial charge in [0, 0.05) is 35.8 Å². The Hall–Kier alpha value is -3.57. The molecule has 1 amide bonds. The second-order valence-corrected chi connectivity index (χ2v) is 11.6. The third-order valence-electron chi connectivity index (χ3n) is 7.89. The van der Waals surface area contributed by atoms with Crippen molar-refractivity contribution >= 4 is 5.91 Å². The summed E-state index contributed by atoms with van der Waals surface area (Å²) in [7, 11) is 2.06. The molecule has 2 atom stereocenters. The van der Waals surface area contributed by atoms with Crippen molar-refractivity contribution in [3.8, 4) is 12.3 Å². The fraction of sp³-hybridized carbons (Fsp3) is 0.400. The average Bonchev–Trinajstić information content (AvgIpc) is 3.75. The van der Waals surface area contributed by atoms with Crippen LogP contribution in [0.15, 0.2) is 60.7 Å². The Balaban J connectivity index is 1.52. The molecule has 3 aromatic rings. The molecule has 1 aliphatic rings. The molecule has 3 aromatic carbocycles. The highest BCUT2D eigenvalue weighted by atomic mass is 19.1. The summed E-state index contributed by atoms with van der Waals surface area (Å²) in [5.41, 5.74) is 4.34. The molecule has 222 valence electrons. The summed E-state index contributed by atoms with van der Waals surface area (Å²) < 4.78 is 28.0. The van der Waals surface area contributed by atoms with Crippen LogP contribution < -0.4 is 10.6 Å². The van der Waals surface area contributed by atoms with Crippen molar-refractivity contribution in [3.63, 3.8) is 0 Å². The quantitative estimate of drug-likeness (QED) is 0.224. The van der Waals surface area contributed by atoms with Crippen molar-refractivity contribution in [3.05, 3.63) is 106 Å². The van der Waals surface area contributed by atoms with Crippen LogP contribution in [-0.4, -0.2) is 48.2 Å². The summed E-state index contributed by atoms with van der Waals surface area (Å²) in [5.74, 6) is 0.905. The Morgan fingerprint density at radius 3 is 2.50 bits per heavy atom. The zero-order valence-corrected chi connectivity index (χ0v) is 24.7. The Morgan fingerprint density at radius 1 is 1.10 bits per heavy atom. The van der Waals surface area contributed by atoms with Crippen molar-refractivity contribution in [1.82, 2.24) is 15.5 Å². The van der Waals surface area contributed by atoms with Crippen LogP contribution in [0.4, 0.5) is 8.78 Å². The van der Waals surface area contributed by atoms with Gasteiger partial charge in [0.05, 0.1) is 12.1 Å². The maximum absolute atomic E-state index is 14.0. The summed E-state index contributed by atoms with van der Waals surface area (Å²) in [4.78, 5) is 15.8. The van der Waals surface area contributed by atoms with E-state index < -0.39 is 23.8 Å². The predicted octanol–water partition coefficient (Wildman–Crippen LogP) is 5.47. The molecule has 0 saturated heterocycles. The monoisotopic (exact) mass is 573 g/mol. The Morgan fingerprint density at radius 2 is 1.83 bits per heavy atom. The second-order valence-electron chi connectivity index (χ2n) is 11.6. The molecule has 0 bridgehead atoms. The number of amides is 1. The van der Waals surface area contributed by atoms with E-state index in [9.17, 15) is 18.7 Å².